The maximum atomic E-state index is 7.03. The summed E-state index contributed by atoms with van der Waals surface area (Å²) >= 11 is 0. The van der Waals surface area contributed by atoms with Crippen LogP contribution in [0, 0.1) is 117 Å². The molecule has 0 radical (unpaired) electrons. The highest BCUT2D eigenvalue weighted by Crippen LogP contribution is 2.23. The van der Waals surface area contributed by atoms with Gasteiger partial charge < -0.3 is 63.1 Å². The van der Waals surface area contributed by atoms with E-state index in [4.69, 9.17) is 123 Å². The third-order valence-electron chi connectivity index (χ3n) is 14.0. The van der Waals surface area contributed by atoms with E-state index in [0.29, 0.717) is 112 Å². The number of hydrogen-bond acceptors (Lipinski definition) is 11. The van der Waals surface area contributed by atoms with Crippen LogP contribution >= 0.6 is 0 Å². The molecule has 0 saturated heterocycles. The third kappa shape index (κ3) is 164. The van der Waals surface area contributed by atoms with E-state index in [1.165, 1.54) is 57.8 Å². The van der Waals surface area contributed by atoms with E-state index in [1.54, 1.807) is 0 Å². The van der Waals surface area contributed by atoms with Crippen LogP contribution in [0.25, 0.3) is 0 Å². The van der Waals surface area contributed by atoms with Gasteiger partial charge in [-0.05, 0) is 96.2 Å². The van der Waals surface area contributed by atoms with Gasteiger partial charge in [-0.25, -0.2) is 0 Å². The number of unbranched alkanes of at least 4 members (excludes halogenated alkanes) is 5. The highest BCUT2D eigenvalue weighted by atomic mass is 14.7. The lowest BCUT2D eigenvalue weighted by Gasteiger charge is -2.20. The van der Waals surface area contributed by atoms with Gasteiger partial charge in [-0.1, -0.05) is 237 Å². The Balaban J connectivity index is -0.0000000908. The third-order valence-corrected chi connectivity index (χ3v) is 14.0. The van der Waals surface area contributed by atoms with Crippen molar-refractivity contribution in [3.05, 3.63) is 0 Å². The zero-order valence-electron chi connectivity index (χ0n) is 66.7. The molecule has 0 amide bonds. The molecule has 0 aliphatic heterocycles. The molecule has 4 unspecified atom stereocenters. The lowest BCUT2D eigenvalue weighted by molar-refractivity contribution is 0.366. The molecule has 0 aliphatic rings. The maximum Gasteiger partial charge on any atom is 0.0910 e. The normalized spacial score (nSPS) is 11.5. The summed E-state index contributed by atoms with van der Waals surface area (Å²) in [4.78, 5) is 0. The van der Waals surface area contributed by atoms with E-state index in [9.17, 15) is 0 Å². The number of amidine groups is 11. The molecule has 95 heavy (non-hydrogen) atoms. The van der Waals surface area contributed by atoms with Crippen LogP contribution in [0.5, 0.6) is 0 Å². The van der Waals surface area contributed by atoms with Crippen LogP contribution in [-0.4, -0.2) is 64.2 Å². The highest BCUT2D eigenvalue weighted by Gasteiger charge is 2.16. The lowest BCUT2D eigenvalue weighted by Crippen LogP contribution is -2.20. The molecule has 0 saturated carbocycles. The number of hydrogen-bond donors (Lipinski definition) is 22. The summed E-state index contributed by atoms with van der Waals surface area (Å²) in [6, 6.07) is 0. The Kier molecular flexibility index (Phi) is 90.2. The van der Waals surface area contributed by atoms with E-state index < -0.39 is 0 Å². The summed E-state index contributed by atoms with van der Waals surface area (Å²) in [5, 5.41) is 76.3. The molecule has 0 spiro atoms. The van der Waals surface area contributed by atoms with Crippen molar-refractivity contribution in [3.63, 3.8) is 0 Å². The molecule has 0 aromatic heterocycles. The van der Waals surface area contributed by atoms with E-state index in [2.05, 4.69) is 166 Å². The van der Waals surface area contributed by atoms with Crippen LogP contribution in [0.4, 0.5) is 0 Å². The minimum absolute atomic E-state index is 0.172. The van der Waals surface area contributed by atoms with Gasteiger partial charge in [0.05, 0.1) is 64.2 Å². The Morgan fingerprint density at radius 1 is 0.295 bits per heavy atom. The molecule has 33 N–H and O–H groups in total. The Hall–Kier alpha value is -5.83. The van der Waals surface area contributed by atoms with Gasteiger partial charge in [-0.15, -0.1) is 0 Å². The van der Waals surface area contributed by atoms with Gasteiger partial charge in [0.1, 0.15) is 0 Å². The molecule has 0 fully saturated rings. The molecule has 0 heterocycles. The molecule has 0 aliphatic carbocycles. The van der Waals surface area contributed by atoms with Crippen molar-refractivity contribution in [3.8, 4) is 0 Å². The second-order valence-corrected chi connectivity index (χ2v) is 30.0. The first-order valence-corrected chi connectivity index (χ1v) is 35.8. The van der Waals surface area contributed by atoms with Crippen molar-refractivity contribution in [2.45, 2.75) is 346 Å². The summed E-state index contributed by atoms with van der Waals surface area (Å²) in [5.41, 5.74) is 57.6. The van der Waals surface area contributed by atoms with Crippen LogP contribution in [-0.2, 0) is 0 Å². The fourth-order valence-corrected chi connectivity index (χ4v) is 6.85. The van der Waals surface area contributed by atoms with Gasteiger partial charge in [-0.2, -0.15) is 0 Å². The summed E-state index contributed by atoms with van der Waals surface area (Å²) in [5.74, 6) is 7.83. The van der Waals surface area contributed by atoms with Crippen LogP contribution < -0.4 is 63.1 Å². The first-order chi connectivity index (χ1) is 43.1. The van der Waals surface area contributed by atoms with Gasteiger partial charge >= 0.3 is 0 Å². The molecule has 4 atom stereocenters. The summed E-state index contributed by atoms with van der Waals surface area (Å²) < 4.78 is 0. The van der Waals surface area contributed by atoms with Crippen LogP contribution in [0.2, 0.25) is 0 Å². The predicted octanol–water partition coefficient (Wildman–Crippen LogP) is 17.8. The number of rotatable bonds is 36. The van der Waals surface area contributed by atoms with Crippen molar-refractivity contribution >= 4 is 64.2 Å². The van der Waals surface area contributed by atoms with Crippen LogP contribution in [0.3, 0.4) is 0 Å². The summed E-state index contributed by atoms with van der Waals surface area (Å²) in [6.07, 6.45) is 27.6. The minimum Gasteiger partial charge on any atom is -0.388 e. The smallest absolute Gasteiger partial charge is 0.0910 e. The van der Waals surface area contributed by atoms with Crippen molar-refractivity contribution in [2.75, 3.05) is 0 Å². The van der Waals surface area contributed by atoms with E-state index in [1.807, 2.05) is 0 Å². The topological polar surface area (TPSA) is 549 Å². The van der Waals surface area contributed by atoms with Gasteiger partial charge in [-0.3, -0.25) is 59.5 Å². The second kappa shape index (κ2) is 75.5. The fraction of sp³-hybridized carbons (Fsp3) is 0.849. The Labute approximate surface area is 587 Å². The molecule has 22 nitrogen and oxygen atoms in total. The molecule has 0 aromatic carbocycles. The molecule has 22 heteroatoms. The molecular weight excluding hydrogens is 1180 g/mol. The standard InChI is InChI=1S/7C7H16N2.4C6H14N2/c1-7(2,3)5-4-6(8)9;1-5(2)6(3)4-7(8)9;1-6(2)4-3-5-7(8)9;1-4-7(2,3)5-6(8)9;1-3-6(2)4-5-7(8)9;1-3-4-6(2)5-7(8)9;1-2-3-4-5-6-7(8)9;1-6(2,3)4-5(7)8;1-5(2)3-4-6(7)8;1-3-5(2)4-6(7)8;1-2-3-4-5-6(7)8/h4-5H2,1-3H3,(H3,8,9);5-6H,4H2,1-3H3,(H3,8,9);6H,3-5H2,1-2H3,(H3,8,9);4-5H2,1-3H3,(H3,8,9);2*6H,3-5H2,1-2H3,(H3,8,9);2-6H2,1H3,(H3,8,9);4H2,1-3H3,(H3,7,8);2*5H,3-4H2,1-2H3,(H3,7,8);2-5H2,1H3,(H3,7,8). The average molecular weight is 1350 g/mol. The number of nitrogens with two attached hydrogens (primary N) is 11. The average Bonchev–Trinajstić information content (AvgIpc) is 1.90. The van der Waals surface area contributed by atoms with Gasteiger partial charge in [0.2, 0.25) is 0 Å². The molecular formula is C73H168N22. The molecule has 0 bridgehead atoms. The van der Waals surface area contributed by atoms with Crippen molar-refractivity contribution < 1.29 is 0 Å². The monoisotopic (exact) mass is 1350 g/mol. The number of nitrogens with one attached hydrogen (secondary N) is 11. The van der Waals surface area contributed by atoms with Crippen molar-refractivity contribution in [2.24, 2.45) is 121 Å². The SMILES string of the molecule is CC(C)(C)CC(=N)N.CC(C)(C)CCC(=N)N.CC(C)C(C)CC(=N)N.CC(C)CCC(=N)N.CC(C)CCCC(=N)N.CCC(C)(C)CC(=N)N.CCC(C)CC(=N)N.CCC(C)CCC(=N)N.CCCC(C)CC(=N)N.CCCCCC(=N)N.CCCCCCC(=N)N. The minimum atomic E-state index is 0.172. The largest absolute Gasteiger partial charge is 0.388 e. The fourth-order valence-electron chi connectivity index (χ4n) is 6.85. The van der Waals surface area contributed by atoms with Gasteiger partial charge in [0, 0.05) is 70.6 Å². The Morgan fingerprint density at radius 3 is 0.842 bits per heavy atom. The second-order valence-electron chi connectivity index (χ2n) is 30.0. The molecule has 0 aromatic rings. The summed E-state index contributed by atoms with van der Waals surface area (Å²) in [7, 11) is 0. The van der Waals surface area contributed by atoms with Gasteiger partial charge in [0.25, 0.3) is 0 Å². The molecule has 570 valence electrons. The predicted molar refractivity (Wildman–Crippen MR) is 428 cm³/mol. The summed E-state index contributed by atoms with van der Waals surface area (Å²) in [6.45, 7) is 51.2. The Bertz CT molecular complexity index is 1880. The van der Waals surface area contributed by atoms with Crippen molar-refractivity contribution in [1.29, 1.82) is 59.5 Å². The maximum absolute atomic E-state index is 7.03. The lowest BCUT2D eigenvalue weighted by atomic mass is 9.86. The highest BCUT2D eigenvalue weighted by molar-refractivity contribution is 5.80. The van der Waals surface area contributed by atoms with Crippen LogP contribution in [0.15, 0.2) is 0 Å². The quantitative estimate of drug-likeness (QED) is 0.0159. The van der Waals surface area contributed by atoms with E-state index in [0.717, 1.165) is 115 Å². The van der Waals surface area contributed by atoms with Gasteiger partial charge in [0.15, 0.2) is 0 Å². The zero-order chi connectivity index (χ0) is 77.7. The van der Waals surface area contributed by atoms with E-state index in [-0.39, 0.29) is 16.7 Å². The van der Waals surface area contributed by atoms with E-state index >= 15 is 0 Å². The van der Waals surface area contributed by atoms with Crippen LogP contribution in [0.1, 0.15) is 346 Å². The zero-order valence-corrected chi connectivity index (χ0v) is 66.7. The Morgan fingerprint density at radius 2 is 0.632 bits per heavy atom. The molecule has 0 rings (SSSR count). The first-order valence-electron chi connectivity index (χ1n) is 35.8. The van der Waals surface area contributed by atoms with Crippen molar-refractivity contribution in [1.82, 2.24) is 0 Å². The first kappa shape index (κ1) is 113.